The molecule has 3 nitrogen and oxygen atoms in total. The van der Waals surface area contributed by atoms with Crippen molar-refractivity contribution in [2.24, 2.45) is 11.8 Å². The normalized spacial score (nSPS) is 24.7. The molecule has 1 amide bonds. The first-order chi connectivity index (χ1) is 8.76. The molecule has 0 saturated heterocycles. The Hall–Kier alpha value is -0.990. The number of hydrogen-bond donors (Lipinski definition) is 1. The van der Waals surface area contributed by atoms with E-state index in [0.717, 1.165) is 25.7 Å². The lowest BCUT2D eigenvalue weighted by Crippen LogP contribution is -2.40. The number of ether oxygens (including phenoxy) is 1. The summed E-state index contributed by atoms with van der Waals surface area (Å²) in [5, 5.41) is 2.98. The average Bonchev–Trinajstić information content (AvgIpc) is 2.25. The second-order valence-electron chi connectivity index (χ2n) is 6.89. The van der Waals surface area contributed by atoms with Crippen LogP contribution in [-0.2, 0) is 4.74 Å². The van der Waals surface area contributed by atoms with Crippen molar-refractivity contribution >= 4 is 6.09 Å². The summed E-state index contributed by atoms with van der Waals surface area (Å²) < 4.78 is 5.28. The summed E-state index contributed by atoms with van der Waals surface area (Å²) in [4.78, 5) is 11.7. The summed E-state index contributed by atoms with van der Waals surface area (Å²) in [6.45, 7) is 10.1. The molecule has 0 aliphatic heterocycles. The Bertz CT molecular complexity index is 307. The van der Waals surface area contributed by atoms with E-state index >= 15 is 0 Å². The van der Waals surface area contributed by atoms with Gasteiger partial charge < -0.3 is 10.1 Å². The Kier molecular flexibility index (Phi) is 5.89. The zero-order valence-electron chi connectivity index (χ0n) is 13.0. The van der Waals surface area contributed by atoms with Crippen molar-refractivity contribution in [1.29, 1.82) is 0 Å². The molecule has 1 fully saturated rings. The van der Waals surface area contributed by atoms with Crippen LogP contribution in [0, 0.1) is 11.8 Å². The molecule has 0 bridgehead atoms. The Morgan fingerprint density at radius 3 is 2.26 bits per heavy atom. The van der Waals surface area contributed by atoms with Gasteiger partial charge in [0.15, 0.2) is 0 Å². The minimum Gasteiger partial charge on any atom is -0.444 e. The summed E-state index contributed by atoms with van der Waals surface area (Å²) in [5.41, 5.74) is -0.415. The molecular weight excluding hydrogens is 238 g/mol. The van der Waals surface area contributed by atoms with E-state index < -0.39 is 5.60 Å². The molecule has 0 unspecified atom stereocenters. The summed E-state index contributed by atoms with van der Waals surface area (Å²) in [6.07, 6.45) is 8.75. The van der Waals surface area contributed by atoms with Gasteiger partial charge in [-0.25, -0.2) is 4.79 Å². The molecule has 19 heavy (non-hydrogen) atoms. The van der Waals surface area contributed by atoms with Crippen molar-refractivity contribution in [3.63, 3.8) is 0 Å². The summed E-state index contributed by atoms with van der Waals surface area (Å²) in [7, 11) is 0. The number of amides is 1. The van der Waals surface area contributed by atoms with E-state index in [-0.39, 0.29) is 12.1 Å². The van der Waals surface area contributed by atoms with Crippen LogP contribution in [0.3, 0.4) is 0 Å². The van der Waals surface area contributed by atoms with Gasteiger partial charge in [-0.15, -0.1) is 0 Å². The minimum atomic E-state index is -0.415. The topological polar surface area (TPSA) is 38.3 Å². The number of allylic oxidation sites excluding steroid dienone is 2. The molecular formula is C16H29NO2. The number of alkyl carbamates (subject to hydrolysis) is 1. The van der Waals surface area contributed by atoms with Crippen LogP contribution in [0.5, 0.6) is 0 Å². The van der Waals surface area contributed by atoms with Crippen LogP contribution in [0.15, 0.2) is 12.2 Å². The zero-order chi connectivity index (χ0) is 14.5. The minimum absolute atomic E-state index is 0.276. The van der Waals surface area contributed by atoms with Gasteiger partial charge in [-0.05, 0) is 58.3 Å². The third kappa shape index (κ3) is 7.24. The number of carbonyl (C=O) groups is 1. The van der Waals surface area contributed by atoms with E-state index in [1.54, 1.807) is 0 Å². The Morgan fingerprint density at radius 2 is 1.79 bits per heavy atom. The van der Waals surface area contributed by atoms with Gasteiger partial charge in [-0.3, -0.25) is 0 Å². The van der Waals surface area contributed by atoms with Crippen molar-refractivity contribution in [2.75, 3.05) is 0 Å². The maximum Gasteiger partial charge on any atom is 0.407 e. The second-order valence-corrected chi connectivity index (χ2v) is 6.89. The molecule has 1 saturated carbocycles. The van der Waals surface area contributed by atoms with Gasteiger partial charge >= 0.3 is 6.09 Å². The lowest BCUT2D eigenvalue weighted by molar-refractivity contribution is 0.0490. The van der Waals surface area contributed by atoms with E-state index in [1.807, 2.05) is 20.8 Å². The number of hydrogen-bond acceptors (Lipinski definition) is 2. The van der Waals surface area contributed by atoms with Gasteiger partial charge in [0.2, 0.25) is 0 Å². The van der Waals surface area contributed by atoms with Crippen LogP contribution in [-0.4, -0.2) is 17.7 Å². The maximum absolute atomic E-state index is 11.7. The first kappa shape index (κ1) is 16.1. The van der Waals surface area contributed by atoms with Gasteiger partial charge in [0.1, 0.15) is 5.60 Å². The van der Waals surface area contributed by atoms with Gasteiger partial charge in [-0.2, -0.15) is 0 Å². The number of rotatable bonds is 3. The van der Waals surface area contributed by atoms with Gasteiger partial charge in [0, 0.05) is 6.04 Å². The highest BCUT2D eigenvalue weighted by Gasteiger charge is 2.23. The Balaban J connectivity index is 2.28. The molecule has 1 aliphatic rings. The monoisotopic (exact) mass is 267 g/mol. The van der Waals surface area contributed by atoms with E-state index in [4.69, 9.17) is 4.74 Å². The smallest absolute Gasteiger partial charge is 0.407 e. The maximum atomic E-state index is 11.7. The number of carbonyl (C=O) groups excluding carboxylic acids is 1. The van der Waals surface area contributed by atoms with E-state index in [9.17, 15) is 4.79 Å². The predicted molar refractivity (Wildman–Crippen MR) is 79.1 cm³/mol. The summed E-state index contributed by atoms with van der Waals surface area (Å²) in [6, 6.07) is 0.276. The number of nitrogens with one attached hydrogen (secondary N) is 1. The van der Waals surface area contributed by atoms with Crippen molar-refractivity contribution in [2.45, 2.75) is 71.9 Å². The van der Waals surface area contributed by atoms with Crippen molar-refractivity contribution in [1.82, 2.24) is 5.32 Å². The molecule has 0 aromatic rings. The van der Waals surface area contributed by atoms with E-state index in [0.29, 0.717) is 11.8 Å². The molecule has 1 N–H and O–H groups in total. The SMILES string of the molecule is CC(C)/C=C\[C@H]1CC[C@H](NC(=O)OC(C)(C)C)CC1. The quantitative estimate of drug-likeness (QED) is 0.775. The summed E-state index contributed by atoms with van der Waals surface area (Å²) >= 11 is 0. The van der Waals surface area contributed by atoms with E-state index in [1.165, 1.54) is 0 Å². The molecule has 1 aliphatic carbocycles. The molecule has 0 radical (unpaired) electrons. The molecule has 0 atom stereocenters. The first-order valence-corrected chi connectivity index (χ1v) is 7.44. The van der Waals surface area contributed by atoms with Crippen LogP contribution in [0.2, 0.25) is 0 Å². The molecule has 0 spiro atoms. The fourth-order valence-corrected chi connectivity index (χ4v) is 2.31. The second kappa shape index (κ2) is 6.97. The zero-order valence-corrected chi connectivity index (χ0v) is 13.0. The van der Waals surface area contributed by atoms with Gasteiger partial charge in [-0.1, -0.05) is 26.0 Å². The fourth-order valence-electron chi connectivity index (χ4n) is 2.31. The van der Waals surface area contributed by atoms with E-state index in [2.05, 4.69) is 31.3 Å². The van der Waals surface area contributed by atoms with Crippen LogP contribution in [0.4, 0.5) is 4.79 Å². The largest absolute Gasteiger partial charge is 0.444 e. The molecule has 0 heterocycles. The van der Waals surface area contributed by atoms with Crippen molar-refractivity contribution < 1.29 is 9.53 Å². The average molecular weight is 267 g/mol. The highest BCUT2D eigenvalue weighted by Crippen LogP contribution is 2.26. The fraction of sp³-hybridized carbons (Fsp3) is 0.812. The molecule has 1 rings (SSSR count). The van der Waals surface area contributed by atoms with Crippen LogP contribution < -0.4 is 5.32 Å². The third-order valence-electron chi connectivity index (χ3n) is 3.26. The molecule has 3 heteroatoms. The lowest BCUT2D eigenvalue weighted by Gasteiger charge is -2.29. The van der Waals surface area contributed by atoms with Gasteiger partial charge in [0.05, 0.1) is 0 Å². The highest BCUT2D eigenvalue weighted by molar-refractivity contribution is 5.68. The molecule has 0 aromatic heterocycles. The van der Waals surface area contributed by atoms with Crippen LogP contribution >= 0.6 is 0 Å². The first-order valence-electron chi connectivity index (χ1n) is 7.44. The third-order valence-corrected chi connectivity index (χ3v) is 3.26. The standard InChI is InChI=1S/C16H29NO2/c1-12(2)6-7-13-8-10-14(11-9-13)17-15(18)19-16(3,4)5/h6-7,12-14H,8-11H2,1-5H3,(H,17,18)/b7-6-/t13-,14-. The van der Waals surface area contributed by atoms with Crippen LogP contribution in [0.1, 0.15) is 60.3 Å². The Labute approximate surface area is 117 Å². The Morgan fingerprint density at radius 1 is 1.21 bits per heavy atom. The summed E-state index contributed by atoms with van der Waals surface area (Å²) in [5.74, 6) is 1.30. The molecule has 110 valence electrons. The van der Waals surface area contributed by atoms with Crippen molar-refractivity contribution in [3.8, 4) is 0 Å². The van der Waals surface area contributed by atoms with Crippen molar-refractivity contribution in [3.05, 3.63) is 12.2 Å². The molecule has 0 aromatic carbocycles. The highest BCUT2D eigenvalue weighted by atomic mass is 16.6. The van der Waals surface area contributed by atoms with Gasteiger partial charge in [0.25, 0.3) is 0 Å². The predicted octanol–water partition coefficient (Wildman–Crippen LogP) is 4.28. The van der Waals surface area contributed by atoms with Crippen LogP contribution in [0.25, 0.3) is 0 Å². The lowest BCUT2D eigenvalue weighted by atomic mass is 9.85.